The molecule has 2 aromatic rings. The maximum atomic E-state index is 5.43. The predicted octanol–water partition coefficient (Wildman–Crippen LogP) is 4.05. The van der Waals surface area contributed by atoms with Gasteiger partial charge in [0, 0.05) is 12.5 Å². The lowest BCUT2D eigenvalue weighted by Crippen LogP contribution is -2.32. The monoisotopic (exact) mass is 271 g/mol. The molecule has 0 amide bonds. The molecule has 2 heteroatoms. The van der Waals surface area contributed by atoms with Crippen molar-refractivity contribution in [3.8, 4) is 0 Å². The summed E-state index contributed by atoms with van der Waals surface area (Å²) in [5.41, 5.74) is 4.27. The molecule has 0 bridgehead atoms. The first-order valence-corrected chi connectivity index (χ1v) is 7.51. The van der Waals surface area contributed by atoms with Crippen molar-refractivity contribution in [3.05, 3.63) is 59.0 Å². The summed E-state index contributed by atoms with van der Waals surface area (Å²) in [6.45, 7) is 7.59. The van der Waals surface area contributed by atoms with E-state index in [2.05, 4.69) is 50.4 Å². The molecule has 1 aromatic carbocycles. The van der Waals surface area contributed by atoms with Crippen molar-refractivity contribution >= 4 is 0 Å². The number of hydrogen-bond acceptors (Lipinski definition) is 2. The van der Waals surface area contributed by atoms with E-state index in [-0.39, 0.29) is 0 Å². The van der Waals surface area contributed by atoms with E-state index in [0.717, 1.165) is 31.6 Å². The summed E-state index contributed by atoms with van der Waals surface area (Å²) < 4.78 is 5.43. The molecule has 1 atom stereocenters. The van der Waals surface area contributed by atoms with Crippen LogP contribution in [0.25, 0.3) is 0 Å². The molecule has 0 aliphatic rings. The van der Waals surface area contributed by atoms with Gasteiger partial charge in [-0.25, -0.2) is 0 Å². The molecule has 2 nitrogen and oxygen atoms in total. The van der Waals surface area contributed by atoms with Crippen LogP contribution < -0.4 is 5.32 Å². The Balaban J connectivity index is 2.01. The highest BCUT2D eigenvalue weighted by atomic mass is 16.3. The molecule has 0 aliphatic heterocycles. The summed E-state index contributed by atoms with van der Waals surface area (Å²) in [7, 11) is 0. The third-order valence-electron chi connectivity index (χ3n) is 3.91. The standard InChI is InChI=1S/C18H25NO/c1-4-19-16(10-11-17-9-6-12-20-17)13-18-14(2)7-5-8-15(18)3/h5-9,12,16,19H,4,10-11,13H2,1-3H3. The van der Waals surface area contributed by atoms with Crippen LogP contribution in [-0.2, 0) is 12.8 Å². The lowest BCUT2D eigenvalue weighted by atomic mass is 9.94. The van der Waals surface area contributed by atoms with E-state index in [1.165, 1.54) is 16.7 Å². The van der Waals surface area contributed by atoms with Gasteiger partial charge in [-0.1, -0.05) is 25.1 Å². The van der Waals surface area contributed by atoms with E-state index < -0.39 is 0 Å². The van der Waals surface area contributed by atoms with Crippen LogP contribution in [0.1, 0.15) is 35.8 Å². The molecule has 1 heterocycles. The molecule has 0 aliphatic carbocycles. The lowest BCUT2D eigenvalue weighted by Gasteiger charge is -2.20. The molecule has 0 radical (unpaired) electrons. The van der Waals surface area contributed by atoms with Crippen molar-refractivity contribution in [1.82, 2.24) is 5.32 Å². The molecule has 1 N–H and O–H groups in total. The first-order chi connectivity index (χ1) is 9.70. The average Bonchev–Trinajstić information content (AvgIpc) is 2.93. The Morgan fingerprint density at radius 3 is 2.45 bits per heavy atom. The third kappa shape index (κ3) is 3.97. The minimum atomic E-state index is 0.505. The van der Waals surface area contributed by atoms with Gasteiger partial charge in [0.1, 0.15) is 5.76 Å². The van der Waals surface area contributed by atoms with Crippen LogP contribution in [0.5, 0.6) is 0 Å². The number of rotatable bonds is 7. The van der Waals surface area contributed by atoms with Crippen molar-refractivity contribution < 1.29 is 4.42 Å². The number of hydrogen-bond donors (Lipinski definition) is 1. The fraction of sp³-hybridized carbons (Fsp3) is 0.444. The summed E-state index contributed by atoms with van der Waals surface area (Å²) in [5, 5.41) is 3.61. The highest BCUT2D eigenvalue weighted by Gasteiger charge is 2.12. The van der Waals surface area contributed by atoms with Crippen molar-refractivity contribution in [2.75, 3.05) is 6.54 Å². The number of aryl methyl sites for hydroxylation is 3. The van der Waals surface area contributed by atoms with Gasteiger partial charge in [-0.2, -0.15) is 0 Å². The van der Waals surface area contributed by atoms with Crippen LogP contribution >= 0.6 is 0 Å². The Bertz CT molecular complexity index is 496. The minimum Gasteiger partial charge on any atom is -0.469 e. The largest absolute Gasteiger partial charge is 0.469 e. The third-order valence-corrected chi connectivity index (χ3v) is 3.91. The summed E-state index contributed by atoms with van der Waals surface area (Å²) in [5.74, 6) is 1.08. The second-order valence-electron chi connectivity index (χ2n) is 5.45. The van der Waals surface area contributed by atoms with E-state index in [0.29, 0.717) is 6.04 Å². The van der Waals surface area contributed by atoms with Crippen LogP contribution in [-0.4, -0.2) is 12.6 Å². The number of nitrogens with one attached hydrogen (secondary N) is 1. The fourth-order valence-electron chi connectivity index (χ4n) is 2.75. The number of likely N-dealkylation sites (N-methyl/N-ethyl adjacent to an activating group) is 1. The van der Waals surface area contributed by atoms with Crippen molar-refractivity contribution in [2.24, 2.45) is 0 Å². The van der Waals surface area contributed by atoms with Gasteiger partial charge in [0.05, 0.1) is 6.26 Å². The van der Waals surface area contributed by atoms with Crippen LogP contribution in [0.4, 0.5) is 0 Å². The van der Waals surface area contributed by atoms with Gasteiger partial charge in [-0.05, 0) is 62.1 Å². The second kappa shape index (κ2) is 7.30. The summed E-state index contributed by atoms with van der Waals surface area (Å²) in [6, 6.07) is 11.1. The topological polar surface area (TPSA) is 25.2 Å². The first-order valence-electron chi connectivity index (χ1n) is 7.51. The Labute approximate surface area is 122 Å². The Morgan fingerprint density at radius 2 is 1.85 bits per heavy atom. The van der Waals surface area contributed by atoms with Gasteiger partial charge in [-0.15, -0.1) is 0 Å². The van der Waals surface area contributed by atoms with Crippen LogP contribution in [0.2, 0.25) is 0 Å². The molecule has 0 fully saturated rings. The molecule has 108 valence electrons. The Morgan fingerprint density at radius 1 is 1.10 bits per heavy atom. The average molecular weight is 271 g/mol. The molecule has 2 rings (SSSR count). The van der Waals surface area contributed by atoms with Gasteiger partial charge in [0.2, 0.25) is 0 Å². The normalized spacial score (nSPS) is 12.6. The Kier molecular flexibility index (Phi) is 5.42. The van der Waals surface area contributed by atoms with Crippen molar-refractivity contribution in [1.29, 1.82) is 0 Å². The molecule has 0 saturated carbocycles. The van der Waals surface area contributed by atoms with Crippen LogP contribution in [0.15, 0.2) is 41.0 Å². The zero-order valence-corrected chi connectivity index (χ0v) is 12.8. The fourth-order valence-corrected chi connectivity index (χ4v) is 2.75. The lowest BCUT2D eigenvalue weighted by molar-refractivity contribution is 0.447. The van der Waals surface area contributed by atoms with Gasteiger partial charge in [0.25, 0.3) is 0 Å². The van der Waals surface area contributed by atoms with Crippen LogP contribution in [0, 0.1) is 13.8 Å². The highest BCUT2D eigenvalue weighted by Crippen LogP contribution is 2.17. The summed E-state index contributed by atoms with van der Waals surface area (Å²) in [4.78, 5) is 0. The first kappa shape index (κ1) is 14.9. The summed E-state index contributed by atoms with van der Waals surface area (Å²) >= 11 is 0. The molecular formula is C18H25NO. The van der Waals surface area contributed by atoms with E-state index in [4.69, 9.17) is 4.42 Å². The zero-order chi connectivity index (χ0) is 14.4. The van der Waals surface area contributed by atoms with E-state index in [1.807, 2.05) is 6.07 Å². The van der Waals surface area contributed by atoms with Gasteiger partial charge in [0.15, 0.2) is 0 Å². The number of furan rings is 1. The predicted molar refractivity (Wildman–Crippen MR) is 84.1 cm³/mol. The molecule has 0 saturated heterocycles. The second-order valence-corrected chi connectivity index (χ2v) is 5.45. The van der Waals surface area contributed by atoms with Gasteiger partial charge < -0.3 is 9.73 Å². The molecular weight excluding hydrogens is 246 g/mol. The molecule has 20 heavy (non-hydrogen) atoms. The Hall–Kier alpha value is -1.54. The minimum absolute atomic E-state index is 0.505. The van der Waals surface area contributed by atoms with Crippen LogP contribution in [0.3, 0.4) is 0 Å². The van der Waals surface area contributed by atoms with Crippen molar-refractivity contribution in [3.63, 3.8) is 0 Å². The van der Waals surface area contributed by atoms with Gasteiger partial charge in [-0.3, -0.25) is 0 Å². The van der Waals surface area contributed by atoms with Crippen molar-refractivity contribution in [2.45, 2.75) is 46.1 Å². The molecule has 1 unspecified atom stereocenters. The maximum absolute atomic E-state index is 5.43. The number of benzene rings is 1. The smallest absolute Gasteiger partial charge is 0.103 e. The molecule has 1 aromatic heterocycles. The van der Waals surface area contributed by atoms with E-state index in [9.17, 15) is 0 Å². The quantitative estimate of drug-likeness (QED) is 0.822. The van der Waals surface area contributed by atoms with E-state index in [1.54, 1.807) is 6.26 Å². The van der Waals surface area contributed by atoms with E-state index >= 15 is 0 Å². The highest BCUT2D eigenvalue weighted by molar-refractivity contribution is 5.34. The summed E-state index contributed by atoms with van der Waals surface area (Å²) in [6.07, 6.45) is 4.95. The van der Waals surface area contributed by atoms with Gasteiger partial charge >= 0.3 is 0 Å². The SMILES string of the molecule is CCNC(CCc1ccco1)Cc1c(C)cccc1C. The maximum Gasteiger partial charge on any atom is 0.103 e. The zero-order valence-electron chi connectivity index (χ0n) is 12.8. The molecule has 0 spiro atoms.